The Balaban J connectivity index is 1.51. The Hall–Kier alpha value is -3.12. The van der Waals surface area contributed by atoms with Crippen LogP contribution in [0.15, 0.2) is 77.7 Å². The molecule has 0 N–H and O–H groups in total. The molecule has 3 aromatic rings. The van der Waals surface area contributed by atoms with E-state index in [1.165, 1.54) is 4.90 Å². The molecule has 6 heteroatoms. The van der Waals surface area contributed by atoms with Gasteiger partial charge in [0.05, 0.1) is 20.8 Å². The Morgan fingerprint density at radius 2 is 1.61 bits per heavy atom. The lowest BCUT2D eigenvalue weighted by molar-refractivity contribution is 0.0785. The van der Waals surface area contributed by atoms with E-state index in [4.69, 9.17) is 14.2 Å². The second-order valence-corrected chi connectivity index (χ2v) is 8.05. The van der Waals surface area contributed by atoms with Crippen molar-refractivity contribution in [1.29, 1.82) is 0 Å². The highest BCUT2D eigenvalue weighted by molar-refractivity contribution is 7.99. The van der Waals surface area contributed by atoms with Crippen molar-refractivity contribution in [3.05, 3.63) is 83.9 Å². The molecule has 0 spiro atoms. The summed E-state index contributed by atoms with van der Waals surface area (Å²) in [5.74, 6) is 2.87. The highest BCUT2D eigenvalue weighted by atomic mass is 32.2. The molecule has 3 aromatic carbocycles. The minimum Gasteiger partial charge on any atom is -0.493 e. The maximum atomic E-state index is 12.8. The van der Waals surface area contributed by atoms with Crippen LogP contribution < -0.4 is 14.2 Å². The Labute approximate surface area is 187 Å². The fraction of sp³-hybridized carbons (Fsp3) is 0.240. The van der Waals surface area contributed by atoms with Gasteiger partial charge < -0.3 is 19.1 Å². The number of nitrogens with zero attached hydrogens (tertiary/aromatic N) is 1. The van der Waals surface area contributed by atoms with Crippen LogP contribution in [0, 0.1) is 0 Å². The van der Waals surface area contributed by atoms with Crippen molar-refractivity contribution in [2.75, 3.05) is 33.6 Å². The molecule has 0 fully saturated rings. The normalized spacial score (nSPS) is 10.4. The van der Waals surface area contributed by atoms with Gasteiger partial charge in [-0.25, -0.2) is 0 Å². The number of amides is 1. The van der Waals surface area contributed by atoms with E-state index in [2.05, 4.69) is 12.1 Å². The molecule has 0 aliphatic carbocycles. The smallest absolute Gasteiger partial charge is 0.253 e. The predicted molar refractivity (Wildman–Crippen MR) is 124 cm³/mol. The van der Waals surface area contributed by atoms with E-state index >= 15 is 0 Å². The SMILES string of the molecule is COc1ccc(CN(C)C(=O)c2ccc(OCCSc3ccccc3)cc2)cc1OC. The number of methoxy groups -OCH3 is 2. The van der Waals surface area contributed by atoms with Crippen molar-refractivity contribution < 1.29 is 19.0 Å². The number of hydrogen-bond acceptors (Lipinski definition) is 5. The second-order valence-electron chi connectivity index (χ2n) is 6.88. The molecule has 5 nitrogen and oxygen atoms in total. The molecular weight excluding hydrogens is 410 g/mol. The van der Waals surface area contributed by atoms with Crippen LogP contribution in [0.4, 0.5) is 0 Å². The monoisotopic (exact) mass is 437 g/mol. The van der Waals surface area contributed by atoms with Gasteiger partial charge in [-0.05, 0) is 54.1 Å². The average Bonchev–Trinajstić information content (AvgIpc) is 2.82. The number of carbonyl (C=O) groups excluding carboxylic acids is 1. The first-order valence-electron chi connectivity index (χ1n) is 9.98. The van der Waals surface area contributed by atoms with Gasteiger partial charge in [0.1, 0.15) is 5.75 Å². The van der Waals surface area contributed by atoms with Crippen LogP contribution in [0.1, 0.15) is 15.9 Å². The zero-order valence-corrected chi connectivity index (χ0v) is 18.9. The van der Waals surface area contributed by atoms with Gasteiger partial charge in [0, 0.05) is 29.8 Å². The van der Waals surface area contributed by atoms with Crippen LogP contribution in [-0.4, -0.2) is 44.4 Å². The lowest BCUT2D eigenvalue weighted by atomic mass is 10.1. The fourth-order valence-electron chi connectivity index (χ4n) is 3.07. The zero-order valence-electron chi connectivity index (χ0n) is 18.0. The number of benzene rings is 3. The molecule has 31 heavy (non-hydrogen) atoms. The van der Waals surface area contributed by atoms with E-state index in [1.807, 2.05) is 48.5 Å². The van der Waals surface area contributed by atoms with Gasteiger partial charge in [0.25, 0.3) is 5.91 Å². The molecule has 0 unspecified atom stereocenters. The fourth-order valence-corrected chi connectivity index (χ4v) is 3.83. The quantitative estimate of drug-likeness (QED) is 0.324. The van der Waals surface area contributed by atoms with Gasteiger partial charge in [0.15, 0.2) is 11.5 Å². The summed E-state index contributed by atoms with van der Waals surface area (Å²) in [5, 5.41) is 0. The zero-order chi connectivity index (χ0) is 22.1. The summed E-state index contributed by atoms with van der Waals surface area (Å²) in [4.78, 5) is 15.7. The molecule has 0 atom stereocenters. The highest BCUT2D eigenvalue weighted by Crippen LogP contribution is 2.28. The first kappa shape index (κ1) is 22.6. The third-order valence-corrected chi connectivity index (χ3v) is 5.66. The number of thioether (sulfide) groups is 1. The standard InChI is InChI=1S/C25H27NO4S/c1-26(18-19-9-14-23(28-2)24(17-19)29-3)25(27)20-10-12-21(13-11-20)30-15-16-31-22-7-5-4-6-8-22/h4-14,17H,15-16,18H2,1-3H3. The van der Waals surface area contributed by atoms with Crippen LogP contribution in [0.25, 0.3) is 0 Å². The third-order valence-electron chi connectivity index (χ3n) is 4.68. The lowest BCUT2D eigenvalue weighted by Gasteiger charge is -2.18. The molecule has 0 bridgehead atoms. The molecule has 0 aromatic heterocycles. The van der Waals surface area contributed by atoms with Crippen molar-refractivity contribution in [3.63, 3.8) is 0 Å². The lowest BCUT2D eigenvalue weighted by Crippen LogP contribution is -2.26. The van der Waals surface area contributed by atoms with Gasteiger partial charge in [-0.2, -0.15) is 0 Å². The Morgan fingerprint density at radius 1 is 0.903 bits per heavy atom. The number of hydrogen-bond donors (Lipinski definition) is 0. The molecule has 1 amide bonds. The maximum absolute atomic E-state index is 12.8. The molecule has 0 radical (unpaired) electrons. The van der Waals surface area contributed by atoms with Crippen molar-refractivity contribution in [2.24, 2.45) is 0 Å². The van der Waals surface area contributed by atoms with E-state index in [1.54, 1.807) is 50.1 Å². The van der Waals surface area contributed by atoms with Crippen LogP contribution in [0.2, 0.25) is 0 Å². The van der Waals surface area contributed by atoms with Gasteiger partial charge in [0.2, 0.25) is 0 Å². The predicted octanol–water partition coefficient (Wildman–Crippen LogP) is 5.15. The molecule has 3 rings (SSSR count). The van der Waals surface area contributed by atoms with Crippen LogP contribution in [-0.2, 0) is 6.54 Å². The van der Waals surface area contributed by atoms with E-state index in [0.29, 0.717) is 30.2 Å². The molecule has 0 aliphatic heterocycles. The first-order valence-corrected chi connectivity index (χ1v) is 11.0. The summed E-state index contributed by atoms with van der Waals surface area (Å²) in [6.07, 6.45) is 0. The van der Waals surface area contributed by atoms with Gasteiger partial charge in [-0.1, -0.05) is 24.3 Å². The summed E-state index contributed by atoms with van der Waals surface area (Å²) in [7, 11) is 4.98. The molecular formula is C25H27NO4S. The van der Waals surface area contributed by atoms with Gasteiger partial charge >= 0.3 is 0 Å². The van der Waals surface area contributed by atoms with Crippen LogP contribution in [0.3, 0.4) is 0 Å². The molecule has 0 saturated carbocycles. The highest BCUT2D eigenvalue weighted by Gasteiger charge is 2.13. The first-order chi connectivity index (χ1) is 15.1. The minimum atomic E-state index is -0.0547. The van der Waals surface area contributed by atoms with Crippen molar-refractivity contribution in [2.45, 2.75) is 11.4 Å². The van der Waals surface area contributed by atoms with E-state index in [9.17, 15) is 4.79 Å². The largest absolute Gasteiger partial charge is 0.493 e. The van der Waals surface area contributed by atoms with Crippen LogP contribution in [0.5, 0.6) is 17.2 Å². The maximum Gasteiger partial charge on any atom is 0.253 e. The molecule has 162 valence electrons. The summed E-state index contributed by atoms with van der Waals surface area (Å²) in [6.45, 7) is 1.07. The van der Waals surface area contributed by atoms with Crippen LogP contribution >= 0.6 is 11.8 Å². The average molecular weight is 438 g/mol. The Kier molecular flexibility index (Phi) is 8.24. The van der Waals surface area contributed by atoms with Gasteiger partial charge in [-0.3, -0.25) is 4.79 Å². The van der Waals surface area contributed by atoms with E-state index < -0.39 is 0 Å². The summed E-state index contributed by atoms with van der Waals surface area (Å²) in [6, 6.07) is 23.2. The third kappa shape index (κ3) is 6.43. The van der Waals surface area contributed by atoms with Gasteiger partial charge in [-0.15, -0.1) is 11.8 Å². The Morgan fingerprint density at radius 3 is 2.29 bits per heavy atom. The summed E-state index contributed by atoms with van der Waals surface area (Å²) >= 11 is 1.75. The minimum absolute atomic E-state index is 0.0547. The molecule has 0 heterocycles. The summed E-state index contributed by atoms with van der Waals surface area (Å²) in [5.41, 5.74) is 1.58. The number of ether oxygens (including phenoxy) is 3. The number of carbonyl (C=O) groups is 1. The Bertz CT molecular complexity index is 977. The van der Waals surface area contributed by atoms with Crippen molar-refractivity contribution in [3.8, 4) is 17.2 Å². The summed E-state index contributed by atoms with van der Waals surface area (Å²) < 4.78 is 16.4. The second kappa shape index (κ2) is 11.3. The van der Waals surface area contributed by atoms with Crippen molar-refractivity contribution >= 4 is 17.7 Å². The van der Waals surface area contributed by atoms with Crippen molar-refractivity contribution in [1.82, 2.24) is 4.90 Å². The topological polar surface area (TPSA) is 48.0 Å². The van der Waals surface area contributed by atoms with E-state index in [0.717, 1.165) is 17.1 Å². The molecule has 0 saturated heterocycles. The van der Waals surface area contributed by atoms with E-state index in [-0.39, 0.29) is 5.91 Å². The number of rotatable bonds is 10. The molecule has 0 aliphatic rings.